The number of amides is 1. The molecular weight excluding hydrogens is 310 g/mol. The Hall–Kier alpha value is -2.48. The van der Waals surface area contributed by atoms with Gasteiger partial charge in [0.1, 0.15) is 17.7 Å². The van der Waals surface area contributed by atoms with Gasteiger partial charge in [0, 0.05) is 26.2 Å². The first-order valence-corrected chi connectivity index (χ1v) is 7.86. The smallest absolute Gasteiger partial charge is 0.259 e. The van der Waals surface area contributed by atoms with Gasteiger partial charge in [0.05, 0.1) is 19.3 Å². The summed E-state index contributed by atoms with van der Waals surface area (Å²) in [5, 5.41) is 18.8. The minimum absolute atomic E-state index is 0.184. The molecule has 24 heavy (non-hydrogen) atoms. The Labute approximate surface area is 140 Å². The number of likely N-dealkylation sites (tertiary alicyclic amines) is 1. The van der Waals surface area contributed by atoms with Crippen molar-refractivity contribution < 1.29 is 14.6 Å². The summed E-state index contributed by atoms with van der Waals surface area (Å²) < 4.78 is 6.95. The lowest BCUT2D eigenvalue weighted by molar-refractivity contribution is -0.0259. The maximum absolute atomic E-state index is 12.8. The highest BCUT2D eigenvalue weighted by atomic mass is 16.5. The van der Waals surface area contributed by atoms with Crippen molar-refractivity contribution in [2.24, 2.45) is 7.05 Å². The Bertz CT molecular complexity index is 732. The van der Waals surface area contributed by atoms with Gasteiger partial charge in [0.2, 0.25) is 5.88 Å². The van der Waals surface area contributed by atoms with Gasteiger partial charge in [-0.2, -0.15) is 0 Å². The summed E-state index contributed by atoms with van der Waals surface area (Å²) >= 11 is 0. The number of nitrogens with zero attached hydrogens (tertiary/aromatic N) is 5. The Kier molecular flexibility index (Phi) is 4.48. The highest BCUT2D eigenvalue weighted by molar-refractivity contribution is 5.96. The van der Waals surface area contributed by atoms with E-state index in [2.05, 4.69) is 15.2 Å². The molecule has 0 saturated carbocycles. The molecule has 1 amide bonds. The highest BCUT2D eigenvalue weighted by Crippen LogP contribution is 2.27. The van der Waals surface area contributed by atoms with Gasteiger partial charge in [-0.15, -0.1) is 10.2 Å². The van der Waals surface area contributed by atoms with Crippen LogP contribution in [-0.4, -0.2) is 61.5 Å². The summed E-state index contributed by atoms with van der Waals surface area (Å²) in [5.74, 6) is 0.812. The lowest BCUT2D eigenvalue weighted by Gasteiger charge is -2.39. The number of aryl methyl sites for hydroxylation is 1. The fraction of sp³-hybridized carbons (Fsp3) is 0.500. The number of pyridine rings is 1. The summed E-state index contributed by atoms with van der Waals surface area (Å²) in [4.78, 5) is 18.5. The zero-order valence-electron chi connectivity index (χ0n) is 13.8. The molecule has 1 atom stereocenters. The van der Waals surface area contributed by atoms with E-state index in [1.54, 1.807) is 34.1 Å². The van der Waals surface area contributed by atoms with E-state index in [0.29, 0.717) is 36.7 Å². The van der Waals surface area contributed by atoms with Crippen molar-refractivity contribution in [3.8, 4) is 5.88 Å². The highest BCUT2D eigenvalue weighted by Gasteiger charge is 2.37. The van der Waals surface area contributed by atoms with E-state index in [-0.39, 0.29) is 12.5 Å². The van der Waals surface area contributed by atoms with E-state index in [1.807, 2.05) is 7.05 Å². The van der Waals surface area contributed by atoms with Gasteiger partial charge in [-0.1, -0.05) is 0 Å². The molecule has 0 radical (unpaired) electrons. The lowest BCUT2D eigenvalue weighted by atomic mass is 9.89. The molecule has 1 unspecified atom stereocenters. The third-order valence-electron chi connectivity index (χ3n) is 4.33. The molecule has 128 valence electrons. The van der Waals surface area contributed by atoms with Crippen LogP contribution in [0.1, 0.15) is 29.0 Å². The first kappa shape index (κ1) is 16.4. The van der Waals surface area contributed by atoms with Crippen molar-refractivity contribution in [2.45, 2.75) is 24.9 Å². The van der Waals surface area contributed by atoms with E-state index >= 15 is 0 Å². The first-order chi connectivity index (χ1) is 11.5. The van der Waals surface area contributed by atoms with Gasteiger partial charge in [0.25, 0.3) is 5.91 Å². The van der Waals surface area contributed by atoms with Crippen molar-refractivity contribution in [1.29, 1.82) is 0 Å². The summed E-state index contributed by atoms with van der Waals surface area (Å²) in [6.07, 6.45) is 4.88. The zero-order valence-corrected chi connectivity index (χ0v) is 13.8. The average Bonchev–Trinajstić information content (AvgIpc) is 2.98. The van der Waals surface area contributed by atoms with E-state index in [1.165, 1.54) is 7.11 Å². The number of hydrogen-bond donors (Lipinski definition) is 1. The molecule has 2 aromatic heterocycles. The Morgan fingerprint density at radius 1 is 1.50 bits per heavy atom. The topological polar surface area (TPSA) is 93.4 Å². The fourth-order valence-corrected chi connectivity index (χ4v) is 3.08. The molecule has 0 bridgehead atoms. The first-order valence-electron chi connectivity index (χ1n) is 7.86. The molecule has 8 heteroatoms. The van der Waals surface area contributed by atoms with Crippen LogP contribution < -0.4 is 4.74 Å². The van der Waals surface area contributed by atoms with E-state index in [4.69, 9.17) is 4.74 Å². The van der Waals surface area contributed by atoms with E-state index < -0.39 is 5.60 Å². The summed E-state index contributed by atoms with van der Waals surface area (Å²) in [6, 6.07) is 3.38. The predicted molar refractivity (Wildman–Crippen MR) is 85.6 cm³/mol. The van der Waals surface area contributed by atoms with Gasteiger partial charge in [0.15, 0.2) is 0 Å². The third-order valence-corrected chi connectivity index (χ3v) is 4.33. The molecule has 1 N–H and O–H groups in total. The van der Waals surface area contributed by atoms with Crippen LogP contribution in [-0.2, 0) is 13.5 Å². The molecular formula is C16H21N5O3. The molecule has 1 aliphatic heterocycles. The summed E-state index contributed by atoms with van der Waals surface area (Å²) in [7, 11) is 3.32. The quantitative estimate of drug-likeness (QED) is 0.873. The van der Waals surface area contributed by atoms with Crippen LogP contribution in [0, 0.1) is 0 Å². The Morgan fingerprint density at radius 3 is 3.04 bits per heavy atom. The molecule has 3 rings (SSSR count). The number of aliphatic hydroxyl groups is 1. The van der Waals surface area contributed by atoms with Gasteiger partial charge >= 0.3 is 0 Å². The standard InChI is InChI=1S/C16H21N5O3/c1-20-11-18-19-13(20)9-16(23)6-4-8-21(10-16)15(22)12-5-3-7-17-14(12)24-2/h3,5,7,11,23H,4,6,8-10H2,1-2H3. The normalized spacial score (nSPS) is 20.9. The van der Waals surface area contributed by atoms with Gasteiger partial charge in [-0.05, 0) is 25.0 Å². The van der Waals surface area contributed by atoms with Crippen LogP contribution in [0.4, 0.5) is 0 Å². The second-order valence-corrected chi connectivity index (χ2v) is 6.15. The van der Waals surface area contributed by atoms with Crippen LogP contribution >= 0.6 is 0 Å². The van der Waals surface area contributed by atoms with E-state index in [0.717, 1.165) is 6.42 Å². The van der Waals surface area contributed by atoms with Crippen molar-refractivity contribution in [3.05, 3.63) is 36.0 Å². The van der Waals surface area contributed by atoms with Gasteiger partial charge < -0.3 is 19.3 Å². The number of carbonyl (C=O) groups is 1. The largest absolute Gasteiger partial charge is 0.480 e. The van der Waals surface area contributed by atoms with Gasteiger partial charge in [-0.3, -0.25) is 4.79 Å². The molecule has 1 saturated heterocycles. The predicted octanol–water partition coefficient (Wildman–Crippen LogP) is 0.428. The maximum atomic E-state index is 12.8. The van der Waals surface area contributed by atoms with Crippen LogP contribution in [0.15, 0.2) is 24.7 Å². The van der Waals surface area contributed by atoms with Crippen LogP contribution in [0.2, 0.25) is 0 Å². The molecule has 1 aliphatic rings. The summed E-state index contributed by atoms with van der Waals surface area (Å²) in [6.45, 7) is 0.842. The minimum Gasteiger partial charge on any atom is -0.480 e. The SMILES string of the molecule is COc1ncccc1C(=O)N1CCCC(O)(Cc2nncn2C)C1. The number of ether oxygens (including phenoxy) is 1. The van der Waals surface area contributed by atoms with Gasteiger partial charge in [-0.25, -0.2) is 4.98 Å². The van der Waals surface area contributed by atoms with Crippen molar-refractivity contribution in [2.75, 3.05) is 20.2 Å². The molecule has 0 spiro atoms. The number of hydrogen-bond acceptors (Lipinski definition) is 6. The number of rotatable bonds is 4. The van der Waals surface area contributed by atoms with Crippen molar-refractivity contribution in [1.82, 2.24) is 24.6 Å². The zero-order chi connectivity index (χ0) is 17.2. The number of carbonyl (C=O) groups excluding carboxylic acids is 1. The third kappa shape index (κ3) is 3.23. The fourth-order valence-electron chi connectivity index (χ4n) is 3.08. The van der Waals surface area contributed by atoms with E-state index in [9.17, 15) is 9.90 Å². The number of methoxy groups -OCH3 is 1. The molecule has 0 aromatic carbocycles. The Morgan fingerprint density at radius 2 is 2.33 bits per heavy atom. The van der Waals surface area contributed by atoms with Crippen LogP contribution in [0.25, 0.3) is 0 Å². The summed E-state index contributed by atoms with van der Waals surface area (Å²) in [5.41, 5.74) is -0.604. The minimum atomic E-state index is -1.01. The van der Waals surface area contributed by atoms with Crippen molar-refractivity contribution >= 4 is 5.91 Å². The number of aromatic nitrogens is 4. The molecule has 2 aromatic rings. The van der Waals surface area contributed by atoms with Crippen LogP contribution in [0.3, 0.4) is 0 Å². The second kappa shape index (κ2) is 6.56. The van der Waals surface area contributed by atoms with Crippen molar-refractivity contribution in [3.63, 3.8) is 0 Å². The molecule has 1 fully saturated rings. The number of piperidine rings is 1. The molecule has 8 nitrogen and oxygen atoms in total. The average molecular weight is 331 g/mol. The monoisotopic (exact) mass is 331 g/mol. The lowest BCUT2D eigenvalue weighted by Crippen LogP contribution is -2.51. The van der Waals surface area contributed by atoms with Crippen LogP contribution in [0.5, 0.6) is 5.88 Å². The number of β-amino-alcohol motifs (C(OH)–C–C–N with tert-alkyl or cyclic N) is 1. The Balaban J connectivity index is 1.77. The second-order valence-electron chi connectivity index (χ2n) is 6.15. The molecule has 0 aliphatic carbocycles. The maximum Gasteiger partial charge on any atom is 0.259 e. The molecule has 3 heterocycles.